The summed E-state index contributed by atoms with van der Waals surface area (Å²) in [7, 11) is 3.51. The molecular weight excluding hydrogens is 258 g/mol. The number of nitrogens with one attached hydrogen (secondary N) is 1. The predicted octanol–water partition coefficient (Wildman–Crippen LogP) is 0.583. The lowest BCUT2D eigenvalue weighted by molar-refractivity contribution is 0.0941. The van der Waals surface area contributed by atoms with Crippen LogP contribution < -0.4 is 5.32 Å². The molecule has 0 aliphatic heterocycles. The molecule has 0 unspecified atom stereocenters. The van der Waals surface area contributed by atoms with E-state index in [2.05, 4.69) is 15.5 Å². The molecule has 20 heavy (non-hydrogen) atoms. The maximum Gasteiger partial charge on any atom is 0.268 e. The molecule has 0 aliphatic carbocycles. The highest BCUT2D eigenvalue weighted by molar-refractivity contribution is 5.92. The highest BCUT2D eigenvalue weighted by Crippen LogP contribution is 2.01. The van der Waals surface area contributed by atoms with Gasteiger partial charge >= 0.3 is 0 Å². The topological polar surface area (TPSA) is 74.0 Å². The minimum absolute atomic E-state index is 0.121. The van der Waals surface area contributed by atoms with Crippen LogP contribution in [-0.2, 0) is 24.9 Å². The van der Waals surface area contributed by atoms with Crippen molar-refractivity contribution in [2.45, 2.75) is 19.5 Å². The van der Waals surface area contributed by atoms with Crippen LogP contribution in [0.25, 0.3) is 0 Å². The third-order valence-electron chi connectivity index (χ3n) is 3.03. The number of aryl methyl sites for hydroxylation is 2. The molecule has 0 radical (unpaired) electrons. The van der Waals surface area contributed by atoms with Gasteiger partial charge in [0.1, 0.15) is 12.0 Å². The van der Waals surface area contributed by atoms with E-state index < -0.39 is 0 Å². The Labute approximate surface area is 117 Å². The molecule has 7 heteroatoms. The molecular formula is C13H19N5O2. The van der Waals surface area contributed by atoms with Crippen LogP contribution in [0.3, 0.4) is 0 Å². The Kier molecular flexibility index (Phi) is 4.89. The zero-order valence-corrected chi connectivity index (χ0v) is 11.7. The number of rotatable bonds is 7. The van der Waals surface area contributed by atoms with Gasteiger partial charge < -0.3 is 19.2 Å². The first-order valence-electron chi connectivity index (χ1n) is 6.47. The van der Waals surface area contributed by atoms with Crippen molar-refractivity contribution < 1.29 is 9.53 Å². The molecule has 0 spiro atoms. The van der Waals surface area contributed by atoms with Crippen LogP contribution in [-0.4, -0.2) is 39.0 Å². The zero-order valence-electron chi connectivity index (χ0n) is 11.7. The zero-order chi connectivity index (χ0) is 14.4. The maximum absolute atomic E-state index is 12.0. The van der Waals surface area contributed by atoms with Gasteiger partial charge in [-0.3, -0.25) is 4.79 Å². The van der Waals surface area contributed by atoms with Gasteiger partial charge in [-0.15, -0.1) is 10.2 Å². The second-order valence-corrected chi connectivity index (χ2v) is 4.47. The second kappa shape index (κ2) is 6.85. The van der Waals surface area contributed by atoms with E-state index in [4.69, 9.17) is 4.74 Å². The lowest BCUT2D eigenvalue weighted by Gasteiger charge is -2.08. The summed E-state index contributed by atoms with van der Waals surface area (Å²) in [6.07, 6.45) is 4.38. The molecule has 1 amide bonds. The van der Waals surface area contributed by atoms with Crippen molar-refractivity contribution in [3.05, 3.63) is 36.2 Å². The third kappa shape index (κ3) is 3.45. The van der Waals surface area contributed by atoms with Gasteiger partial charge in [-0.1, -0.05) is 0 Å². The van der Waals surface area contributed by atoms with Crippen molar-refractivity contribution in [1.82, 2.24) is 24.6 Å². The fourth-order valence-electron chi connectivity index (χ4n) is 1.93. The number of methoxy groups -OCH3 is 1. The molecule has 0 saturated carbocycles. The molecule has 0 bridgehead atoms. The first kappa shape index (κ1) is 14.3. The van der Waals surface area contributed by atoms with Crippen LogP contribution in [0.1, 0.15) is 22.7 Å². The van der Waals surface area contributed by atoms with E-state index in [1.807, 2.05) is 23.9 Å². The lowest BCUT2D eigenvalue weighted by atomic mass is 10.4. The van der Waals surface area contributed by atoms with Crippen molar-refractivity contribution in [3.8, 4) is 0 Å². The first-order valence-corrected chi connectivity index (χ1v) is 6.47. The molecule has 7 nitrogen and oxygen atoms in total. The van der Waals surface area contributed by atoms with Gasteiger partial charge in [0.25, 0.3) is 5.91 Å². The molecule has 1 N–H and O–H groups in total. The summed E-state index contributed by atoms with van der Waals surface area (Å²) in [4.78, 5) is 12.0. The highest BCUT2D eigenvalue weighted by atomic mass is 16.5. The van der Waals surface area contributed by atoms with Crippen LogP contribution in [0.5, 0.6) is 0 Å². The normalized spacial score (nSPS) is 10.7. The lowest BCUT2D eigenvalue weighted by Crippen LogP contribution is -2.26. The average Bonchev–Trinajstić information content (AvgIpc) is 3.05. The Hall–Kier alpha value is -2.15. The van der Waals surface area contributed by atoms with Crippen molar-refractivity contribution in [1.29, 1.82) is 0 Å². The fourth-order valence-corrected chi connectivity index (χ4v) is 1.93. The smallest absolute Gasteiger partial charge is 0.268 e. The Morgan fingerprint density at radius 1 is 1.50 bits per heavy atom. The Morgan fingerprint density at radius 3 is 3.05 bits per heavy atom. The Morgan fingerprint density at radius 2 is 2.35 bits per heavy atom. The van der Waals surface area contributed by atoms with Gasteiger partial charge in [-0.25, -0.2) is 0 Å². The minimum Gasteiger partial charge on any atom is -0.385 e. The molecule has 0 atom stereocenters. The molecule has 108 valence electrons. The summed E-state index contributed by atoms with van der Waals surface area (Å²) >= 11 is 0. The number of carbonyl (C=O) groups excluding carboxylic acids is 1. The second-order valence-electron chi connectivity index (χ2n) is 4.47. The van der Waals surface area contributed by atoms with Crippen LogP contribution >= 0.6 is 0 Å². The van der Waals surface area contributed by atoms with Gasteiger partial charge in [0.05, 0.1) is 6.54 Å². The summed E-state index contributed by atoms with van der Waals surface area (Å²) in [5, 5.41) is 10.7. The number of carbonyl (C=O) groups is 1. The summed E-state index contributed by atoms with van der Waals surface area (Å²) < 4.78 is 8.71. The SMILES string of the molecule is COCCCn1cnnc1CNC(=O)c1cccn1C. The van der Waals surface area contributed by atoms with Gasteiger partial charge in [0.2, 0.25) is 0 Å². The summed E-state index contributed by atoms with van der Waals surface area (Å²) in [6, 6.07) is 3.61. The molecule has 2 heterocycles. The monoisotopic (exact) mass is 277 g/mol. The van der Waals surface area contributed by atoms with Crippen molar-refractivity contribution in [2.75, 3.05) is 13.7 Å². The van der Waals surface area contributed by atoms with E-state index in [1.165, 1.54) is 0 Å². The number of hydrogen-bond donors (Lipinski definition) is 1. The number of hydrogen-bond acceptors (Lipinski definition) is 4. The van der Waals surface area contributed by atoms with Gasteiger partial charge in [-0.05, 0) is 18.6 Å². The third-order valence-corrected chi connectivity index (χ3v) is 3.03. The van der Waals surface area contributed by atoms with Crippen molar-refractivity contribution in [3.63, 3.8) is 0 Å². The van der Waals surface area contributed by atoms with E-state index >= 15 is 0 Å². The summed E-state index contributed by atoms with van der Waals surface area (Å²) in [5.74, 6) is 0.618. The Balaban J connectivity index is 1.89. The van der Waals surface area contributed by atoms with Crippen LogP contribution in [0.2, 0.25) is 0 Å². The number of amides is 1. The molecule has 0 fully saturated rings. The largest absolute Gasteiger partial charge is 0.385 e. The van der Waals surface area contributed by atoms with E-state index in [9.17, 15) is 4.79 Å². The van der Waals surface area contributed by atoms with Gasteiger partial charge in [-0.2, -0.15) is 0 Å². The molecule has 2 rings (SSSR count). The van der Waals surface area contributed by atoms with Crippen molar-refractivity contribution in [2.24, 2.45) is 7.05 Å². The maximum atomic E-state index is 12.0. The highest BCUT2D eigenvalue weighted by Gasteiger charge is 2.10. The van der Waals surface area contributed by atoms with Crippen LogP contribution in [0.4, 0.5) is 0 Å². The fraction of sp³-hybridized carbons (Fsp3) is 0.462. The van der Waals surface area contributed by atoms with Crippen LogP contribution in [0, 0.1) is 0 Å². The minimum atomic E-state index is -0.121. The van der Waals surface area contributed by atoms with Crippen molar-refractivity contribution >= 4 is 5.91 Å². The number of aromatic nitrogens is 4. The quantitative estimate of drug-likeness (QED) is 0.751. The molecule has 0 saturated heterocycles. The van der Waals surface area contributed by atoms with Gasteiger partial charge in [0, 0.05) is 33.5 Å². The van der Waals surface area contributed by atoms with E-state index in [-0.39, 0.29) is 5.91 Å². The van der Waals surface area contributed by atoms with E-state index in [0.29, 0.717) is 18.8 Å². The van der Waals surface area contributed by atoms with Crippen LogP contribution in [0.15, 0.2) is 24.7 Å². The van der Waals surface area contributed by atoms with Gasteiger partial charge in [0.15, 0.2) is 5.82 Å². The average molecular weight is 277 g/mol. The predicted molar refractivity (Wildman–Crippen MR) is 73.1 cm³/mol. The summed E-state index contributed by atoms with van der Waals surface area (Å²) in [6.45, 7) is 1.82. The number of nitrogens with zero attached hydrogens (tertiary/aromatic N) is 4. The Bertz CT molecular complexity index is 561. The number of ether oxygens (including phenoxy) is 1. The first-order chi connectivity index (χ1) is 9.72. The standard InChI is InChI=1S/C13H19N5O2/c1-17-6-3-5-11(17)13(19)14-9-12-16-15-10-18(12)7-4-8-20-2/h3,5-6,10H,4,7-9H2,1-2H3,(H,14,19). The molecule has 2 aromatic rings. The molecule has 0 aromatic carbocycles. The molecule has 2 aromatic heterocycles. The van der Waals surface area contributed by atoms with E-state index in [1.54, 1.807) is 24.1 Å². The molecule has 0 aliphatic rings. The summed E-state index contributed by atoms with van der Waals surface area (Å²) in [5.41, 5.74) is 0.621. The van der Waals surface area contributed by atoms with E-state index in [0.717, 1.165) is 18.8 Å².